The minimum Gasteiger partial charge on any atom is -0.268 e. The number of aromatic nitrogens is 2. The van der Waals surface area contributed by atoms with Gasteiger partial charge in [0.25, 0.3) is 5.56 Å². The number of rotatable bonds is 4. The van der Waals surface area contributed by atoms with Gasteiger partial charge in [-0.2, -0.15) is 10.4 Å². The Balaban J connectivity index is 2.52. The van der Waals surface area contributed by atoms with E-state index < -0.39 is 0 Å². The van der Waals surface area contributed by atoms with Crippen LogP contribution in [0.3, 0.4) is 0 Å². The molecule has 4 nitrogen and oxygen atoms in total. The van der Waals surface area contributed by atoms with Gasteiger partial charge in [0.2, 0.25) is 0 Å². The maximum atomic E-state index is 11.3. The van der Waals surface area contributed by atoms with Crippen LogP contribution < -0.4 is 5.56 Å². The number of aryl methyl sites for hydroxylation is 2. The average molecular weight is 191 g/mol. The van der Waals surface area contributed by atoms with Crippen LogP contribution >= 0.6 is 0 Å². The van der Waals surface area contributed by atoms with Gasteiger partial charge in [0.1, 0.15) is 0 Å². The van der Waals surface area contributed by atoms with Crippen molar-refractivity contribution in [2.75, 3.05) is 0 Å². The van der Waals surface area contributed by atoms with Gasteiger partial charge in [-0.15, -0.1) is 0 Å². The molecule has 0 unspecified atom stereocenters. The van der Waals surface area contributed by atoms with Gasteiger partial charge in [0.15, 0.2) is 0 Å². The molecule has 0 aliphatic carbocycles. The second-order valence-electron chi connectivity index (χ2n) is 3.21. The van der Waals surface area contributed by atoms with Crippen LogP contribution in [-0.4, -0.2) is 9.78 Å². The van der Waals surface area contributed by atoms with Crippen LogP contribution in [-0.2, 0) is 6.54 Å². The van der Waals surface area contributed by atoms with Crippen LogP contribution in [0.5, 0.6) is 0 Å². The van der Waals surface area contributed by atoms with Crippen molar-refractivity contribution in [1.29, 1.82) is 5.26 Å². The fourth-order valence-corrected chi connectivity index (χ4v) is 1.16. The first-order chi connectivity index (χ1) is 6.74. The average Bonchev–Trinajstić information content (AvgIpc) is 2.15. The summed E-state index contributed by atoms with van der Waals surface area (Å²) in [6.07, 6.45) is 3.86. The van der Waals surface area contributed by atoms with E-state index in [4.69, 9.17) is 5.26 Å². The second-order valence-corrected chi connectivity index (χ2v) is 3.21. The van der Waals surface area contributed by atoms with Crippen LogP contribution in [0.1, 0.15) is 24.8 Å². The second kappa shape index (κ2) is 5.18. The van der Waals surface area contributed by atoms with Crippen LogP contribution in [0.2, 0.25) is 0 Å². The molecule has 0 spiro atoms. The Morgan fingerprint density at radius 3 is 3.00 bits per heavy atom. The number of hydrogen-bond donors (Lipinski definition) is 0. The first kappa shape index (κ1) is 10.5. The fourth-order valence-electron chi connectivity index (χ4n) is 1.16. The van der Waals surface area contributed by atoms with Crippen LogP contribution in [0.4, 0.5) is 0 Å². The molecule has 0 aliphatic heterocycles. The van der Waals surface area contributed by atoms with Crippen LogP contribution in [0.15, 0.2) is 17.1 Å². The Morgan fingerprint density at radius 1 is 1.57 bits per heavy atom. The molecule has 0 amide bonds. The smallest absolute Gasteiger partial charge is 0.266 e. The normalized spacial score (nSPS) is 9.71. The molecule has 74 valence electrons. The van der Waals surface area contributed by atoms with Gasteiger partial charge in [-0.05, 0) is 25.3 Å². The minimum atomic E-state index is -0.0676. The zero-order chi connectivity index (χ0) is 10.4. The zero-order valence-electron chi connectivity index (χ0n) is 8.23. The molecule has 1 rings (SSSR count). The quantitative estimate of drug-likeness (QED) is 0.673. The summed E-state index contributed by atoms with van der Waals surface area (Å²) >= 11 is 0. The first-order valence-electron chi connectivity index (χ1n) is 4.65. The minimum absolute atomic E-state index is 0.0676. The molecule has 0 N–H and O–H groups in total. The lowest BCUT2D eigenvalue weighted by Gasteiger charge is -2.02. The molecular weight excluding hydrogens is 178 g/mol. The van der Waals surface area contributed by atoms with Crippen molar-refractivity contribution in [1.82, 2.24) is 9.78 Å². The predicted molar refractivity (Wildman–Crippen MR) is 52.7 cm³/mol. The zero-order valence-corrected chi connectivity index (χ0v) is 8.23. The van der Waals surface area contributed by atoms with E-state index in [2.05, 4.69) is 11.2 Å². The molecule has 1 heterocycles. The summed E-state index contributed by atoms with van der Waals surface area (Å²) < 4.78 is 1.43. The highest BCUT2D eigenvalue weighted by Gasteiger charge is 1.96. The van der Waals surface area contributed by atoms with Gasteiger partial charge in [-0.25, -0.2) is 4.68 Å². The first-order valence-corrected chi connectivity index (χ1v) is 4.65. The van der Waals surface area contributed by atoms with Crippen LogP contribution in [0, 0.1) is 18.3 Å². The predicted octanol–water partition coefficient (Wildman–Crippen LogP) is 1.25. The van der Waals surface area contributed by atoms with E-state index in [1.54, 1.807) is 12.3 Å². The van der Waals surface area contributed by atoms with Crippen molar-refractivity contribution >= 4 is 0 Å². The van der Waals surface area contributed by atoms with Gasteiger partial charge >= 0.3 is 0 Å². The third kappa shape index (κ3) is 3.02. The summed E-state index contributed by atoms with van der Waals surface area (Å²) in [5, 5.41) is 12.3. The molecule has 1 aromatic heterocycles. The maximum absolute atomic E-state index is 11.3. The summed E-state index contributed by atoms with van der Waals surface area (Å²) in [5.41, 5.74) is 0.810. The molecule has 0 aliphatic rings. The molecule has 14 heavy (non-hydrogen) atoms. The lowest BCUT2D eigenvalue weighted by atomic mass is 10.2. The van der Waals surface area contributed by atoms with E-state index >= 15 is 0 Å². The summed E-state index contributed by atoms with van der Waals surface area (Å²) in [4.78, 5) is 11.3. The number of nitriles is 1. The molecule has 1 aromatic rings. The highest BCUT2D eigenvalue weighted by atomic mass is 16.1. The third-order valence-corrected chi connectivity index (χ3v) is 1.91. The highest BCUT2D eigenvalue weighted by molar-refractivity contribution is 5.02. The van der Waals surface area contributed by atoms with E-state index in [-0.39, 0.29) is 5.56 Å². The Morgan fingerprint density at radius 2 is 2.36 bits per heavy atom. The lowest BCUT2D eigenvalue weighted by Crippen LogP contribution is -2.22. The Bertz CT molecular complexity index is 389. The highest BCUT2D eigenvalue weighted by Crippen LogP contribution is 1.95. The summed E-state index contributed by atoms with van der Waals surface area (Å²) in [5.74, 6) is 0. The van der Waals surface area contributed by atoms with Gasteiger partial charge in [-0.1, -0.05) is 0 Å². The molecule has 4 heteroatoms. The van der Waals surface area contributed by atoms with E-state index in [1.165, 1.54) is 4.68 Å². The SMILES string of the molecule is Cc1cnn(CCCCC#N)c(=O)c1. The van der Waals surface area contributed by atoms with Gasteiger partial charge in [0.05, 0.1) is 12.3 Å². The summed E-state index contributed by atoms with van der Waals surface area (Å²) in [7, 11) is 0. The number of nitrogens with zero attached hydrogens (tertiary/aromatic N) is 3. The van der Waals surface area contributed by atoms with Crippen molar-refractivity contribution in [3.8, 4) is 6.07 Å². The van der Waals surface area contributed by atoms with Crippen molar-refractivity contribution in [3.63, 3.8) is 0 Å². The molecule has 0 bridgehead atoms. The van der Waals surface area contributed by atoms with E-state index in [9.17, 15) is 4.79 Å². The monoisotopic (exact) mass is 191 g/mol. The molecule has 0 saturated heterocycles. The van der Waals surface area contributed by atoms with E-state index in [0.29, 0.717) is 13.0 Å². The van der Waals surface area contributed by atoms with Crippen LogP contribution in [0.25, 0.3) is 0 Å². The summed E-state index contributed by atoms with van der Waals surface area (Å²) in [6, 6.07) is 3.64. The summed E-state index contributed by atoms with van der Waals surface area (Å²) in [6.45, 7) is 2.44. The lowest BCUT2D eigenvalue weighted by molar-refractivity contribution is 0.533. The van der Waals surface area contributed by atoms with Crippen molar-refractivity contribution in [2.24, 2.45) is 0 Å². The maximum Gasteiger partial charge on any atom is 0.266 e. The van der Waals surface area contributed by atoms with Gasteiger partial charge < -0.3 is 0 Å². The third-order valence-electron chi connectivity index (χ3n) is 1.91. The van der Waals surface area contributed by atoms with Gasteiger partial charge in [0, 0.05) is 19.0 Å². The molecule has 0 saturated carbocycles. The van der Waals surface area contributed by atoms with E-state index in [1.807, 2.05) is 6.92 Å². The Labute approximate surface area is 82.8 Å². The molecular formula is C10H13N3O. The Hall–Kier alpha value is -1.63. The van der Waals surface area contributed by atoms with Gasteiger partial charge in [-0.3, -0.25) is 4.79 Å². The molecule has 0 radical (unpaired) electrons. The molecule has 0 atom stereocenters. The van der Waals surface area contributed by atoms with Crippen molar-refractivity contribution in [3.05, 3.63) is 28.2 Å². The molecule has 0 fully saturated rings. The van der Waals surface area contributed by atoms with E-state index in [0.717, 1.165) is 18.4 Å². The topological polar surface area (TPSA) is 58.7 Å². The largest absolute Gasteiger partial charge is 0.268 e. The standard InChI is InChI=1S/C10H13N3O/c1-9-7-10(14)13(12-8-9)6-4-2-3-5-11/h7-8H,2-4,6H2,1H3. The number of hydrogen-bond acceptors (Lipinski definition) is 3. The van der Waals surface area contributed by atoms with Crippen molar-refractivity contribution < 1.29 is 0 Å². The fraction of sp³-hybridized carbons (Fsp3) is 0.500. The molecule has 0 aromatic carbocycles. The van der Waals surface area contributed by atoms with Crippen molar-refractivity contribution in [2.45, 2.75) is 32.7 Å². The Kier molecular flexibility index (Phi) is 3.86. The number of unbranched alkanes of at least 4 members (excludes halogenated alkanes) is 2.